The van der Waals surface area contributed by atoms with Crippen LogP contribution in [0.3, 0.4) is 0 Å². The predicted molar refractivity (Wildman–Crippen MR) is 101 cm³/mol. The predicted octanol–water partition coefficient (Wildman–Crippen LogP) is 2.33. The van der Waals surface area contributed by atoms with Gasteiger partial charge in [-0.15, -0.1) is 0 Å². The van der Waals surface area contributed by atoms with Crippen LogP contribution >= 0.6 is 0 Å². The first kappa shape index (κ1) is 21.3. The van der Waals surface area contributed by atoms with E-state index >= 15 is 0 Å². The molecular formula is C20H23FN2O5. The molecule has 150 valence electrons. The highest BCUT2D eigenvalue weighted by Gasteiger charge is 2.32. The Morgan fingerprint density at radius 3 is 2.46 bits per heavy atom. The molecule has 0 radical (unpaired) electrons. The number of halogens is 1. The third kappa shape index (κ3) is 4.12. The number of Topliss-reactive ketones (excluding diaryl/α,β-unsaturated/α-hetero) is 1. The molecule has 28 heavy (non-hydrogen) atoms. The molecule has 2 N–H and O–H groups in total. The van der Waals surface area contributed by atoms with E-state index in [0.29, 0.717) is 0 Å². The molecule has 0 spiro atoms. The van der Waals surface area contributed by atoms with Crippen LogP contribution in [0, 0.1) is 12.7 Å². The van der Waals surface area contributed by atoms with Gasteiger partial charge in [-0.1, -0.05) is 18.2 Å². The molecule has 0 aliphatic carbocycles. The summed E-state index contributed by atoms with van der Waals surface area (Å²) in [4.78, 5) is 41.9. The van der Waals surface area contributed by atoms with Crippen molar-refractivity contribution in [1.82, 2.24) is 9.88 Å². The zero-order chi connectivity index (χ0) is 20.8. The number of carbonyl (C=O) groups is 3. The van der Waals surface area contributed by atoms with Gasteiger partial charge < -0.3 is 19.7 Å². The van der Waals surface area contributed by atoms with E-state index in [-0.39, 0.29) is 54.4 Å². The lowest BCUT2D eigenvalue weighted by Gasteiger charge is -2.18. The van der Waals surface area contributed by atoms with Crippen LogP contribution in [0.2, 0.25) is 0 Å². The zero-order valence-corrected chi connectivity index (χ0v) is 16.0. The number of aromatic amines is 1. The van der Waals surface area contributed by atoms with E-state index in [1.807, 2.05) is 0 Å². The number of aryl methyl sites for hydroxylation is 1. The van der Waals surface area contributed by atoms with Crippen LogP contribution < -0.4 is 0 Å². The van der Waals surface area contributed by atoms with E-state index in [2.05, 4.69) is 4.98 Å². The van der Waals surface area contributed by atoms with Crippen LogP contribution in [0.25, 0.3) is 11.1 Å². The summed E-state index contributed by atoms with van der Waals surface area (Å²) in [7, 11) is 0. The lowest BCUT2D eigenvalue weighted by atomic mass is 9.97. The average molecular weight is 390 g/mol. The largest absolute Gasteiger partial charge is 0.462 e. The van der Waals surface area contributed by atoms with E-state index in [9.17, 15) is 18.8 Å². The van der Waals surface area contributed by atoms with Crippen molar-refractivity contribution in [3.8, 4) is 11.1 Å². The first-order valence-electron chi connectivity index (χ1n) is 8.96. The summed E-state index contributed by atoms with van der Waals surface area (Å²) in [5, 5.41) is 9.09. The van der Waals surface area contributed by atoms with Gasteiger partial charge in [-0.25, -0.2) is 9.18 Å². The maximum Gasteiger partial charge on any atom is 0.340 e. The van der Waals surface area contributed by atoms with Crippen LogP contribution in [0.5, 0.6) is 0 Å². The second-order valence-corrected chi connectivity index (χ2v) is 6.01. The van der Waals surface area contributed by atoms with E-state index in [1.54, 1.807) is 26.8 Å². The van der Waals surface area contributed by atoms with E-state index in [0.717, 1.165) is 0 Å². The van der Waals surface area contributed by atoms with Crippen molar-refractivity contribution in [3.05, 3.63) is 47.0 Å². The highest BCUT2D eigenvalue weighted by atomic mass is 19.1. The molecule has 1 heterocycles. The van der Waals surface area contributed by atoms with Gasteiger partial charge in [-0.3, -0.25) is 9.59 Å². The summed E-state index contributed by atoms with van der Waals surface area (Å²) in [6, 6.07) is 5.67. The second kappa shape index (κ2) is 9.27. The Hall–Kier alpha value is -3.00. The summed E-state index contributed by atoms with van der Waals surface area (Å²) in [5.74, 6) is -3.14. The topological polar surface area (TPSA) is 99.7 Å². The molecular weight excluding hydrogens is 367 g/mol. The molecule has 1 amide bonds. The van der Waals surface area contributed by atoms with Gasteiger partial charge in [0, 0.05) is 29.9 Å². The van der Waals surface area contributed by atoms with Crippen molar-refractivity contribution in [2.24, 2.45) is 0 Å². The Balaban J connectivity index is 2.67. The van der Waals surface area contributed by atoms with Gasteiger partial charge in [0.2, 0.25) is 0 Å². The molecule has 2 aromatic rings. The van der Waals surface area contributed by atoms with Crippen LogP contribution in [0.1, 0.15) is 40.4 Å². The number of ketones is 1. The fraction of sp³-hybridized carbons (Fsp3) is 0.350. The maximum atomic E-state index is 14.5. The van der Waals surface area contributed by atoms with Crippen LogP contribution in [0.15, 0.2) is 24.3 Å². The number of esters is 1. The molecule has 8 heteroatoms. The Morgan fingerprint density at radius 2 is 1.89 bits per heavy atom. The average Bonchev–Trinajstić information content (AvgIpc) is 3.02. The minimum absolute atomic E-state index is 0.00699. The summed E-state index contributed by atoms with van der Waals surface area (Å²) in [6.45, 7) is 4.84. The number of carbonyl (C=O) groups excluding carboxylic acids is 3. The summed E-state index contributed by atoms with van der Waals surface area (Å²) >= 11 is 0. The molecule has 7 nitrogen and oxygen atoms in total. The van der Waals surface area contributed by atoms with Crippen molar-refractivity contribution in [1.29, 1.82) is 0 Å². The number of H-pyrrole nitrogens is 1. The third-order valence-electron chi connectivity index (χ3n) is 4.27. The summed E-state index contributed by atoms with van der Waals surface area (Å²) in [5.41, 5.74) is 0.113. The van der Waals surface area contributed by atoms with Gasteiger partial charge in [-0.2, -0.15) is 0 Å². The highest BCUT2D eigenvalue weighted by Crippen LogP contribution is 2.33. The molecule has 0 unspecified atom stereocenters. The number of aliphatic hydroxyl groups excluding tert-OH is 1. The monoisotopic (exact) mass is 390 g/mol. The minimum atomic E-state index is -0.924. The quantitative estimate of drug-likeness (QED) is 0.409. The molecule has 1 aromatic carbocycles. The molecule has 1 aromatic heterocycles. The van der Waals surface area contributed by atoms with Crippen molar-refractivity contribution >= 4 is 17.7 Å². The third-order valence-corrected chi connectivity index (χ3v) is 4.27. The zero-order valence-electron chi connectivity index (χ0n) is 16.0. The normalized spacial score (nSPS) is 10.6. The number of likely N-dealkylation sites (N-methyl/N-ethyl adjacent to an activating group) is 1. The lowest BCUT2D eigenvalue weighted by Crippen LogP contribution is -2.38. The Labute approximate surface area is 162 Å². The number of nitrogens with one attached hydrogen (secondary N) is 1. The number of benzene rings is 1. The van der Waals surface area contributed by atoms with Gasteiger partial charge >= 0.3 is 5.97 Å². The van der Waals surface area contributed by atoms with Gasteiger partial charge in [0.15, 0.2) is 0 Å². The lowest BCUT2D eigenvalue weighted by molar-refractivity contribution is -0.126. The number of amides is 1. The maximum absolute atomic E-state index is 14.5. The molecule has 0 saturated heterocycles. The highest BCUT2D eigenvalue weighted by molar-refractivity contribution is 6.43. The summed E-state index contributed by atoms with van der Waals surface area (Å²) < 4.78 is 19.5. The summed E-state index contributed by atoms with van der Waals surface area (Å²) in [6.07, 6.45) is 0. The Morgan fingerprint density at radius 1 is 1.21 bits per heavy atom. The standard InChI is InChI=1S/C20H23FN2O5/c1-4-23(10-11-24)19(26)18(25)17-16(13-8-6-7-9-14(13)21)15(12(3)22-17)20(27)28-5-2/h6-9,22,24H,4-5,10-11H2,1-3H3. The number of aliphatic hydroxyl groups is 1. The van der Waals surface area contributed by atoms with Crippen LogP contribution in [-0.4, -0.2) is 59.0 Å². The van der Waals surface area contributed by atoms with Gasteiger partial charge in [0.1, 0.15) is 11.5 Å². The number of ether oxygens (including phenoxy) is 1. The number of hydrogen-bond acceptors (Lipinski definition) is 5. The van der Waals surface area contributed by atoms with E-state index in [1.165, 1.54) is 23.1 Å². The van der Waals surface area contributed by atoms with Crippen molar-refractivity contribution in [3.63, 3.8) is 0 Å². The van der Waals surface area contributed by atoms with Gasteiger partial charge in [-0.05, 0) is 26.8 Å². The Bertz CT molecular complexity index is 891. The van der Waals surface area contributed by atoms with Crippen LogP contribution in [0.4, 0.5) is 4.39 Å². The van der Waals surface area contributed by atoms with Crippen molar-refractivity contribution < 1.29 is 28.6 Å². The molecule has 0 aliphatic rings. The van der Waals surface area contributed by atoms with E-state index < -0.39 is 23.5 Å². The van der Waals surface area contributed by atoms with Gasteiger partial charge in [0.05, 0.1) is 18.8 Å². The fourth-order valence-electron chi connectivity index (χ4n) is 2.96. The van der Waals surface area contributed by atoms with Crippen LogP contribution in [-0.2, 0) is 9.53 Å². The first-order valence-corrected chi connectivity index (χ1v) is 8.96. The molecule has 0 fully saturated rings. The molecule has 0 aliphatic heterocycles. The first-order chi connectivity index (χ1) is 13.4. The van der Waals surface area contributed by atoms with Crippen molar-refractivity contribution in [2.75, 3.05) is 26.3 Å². The van der Waals surface area contributed by atoms with Crippen molar-refractivity contribution in [2.45, 2.75) is 20.8 Å². The van der Waals surface area contributed by atoms with E-state index in [4.69, 9.17) is 9.84 Å². The second-order valence-electron chi connectivity index (χ2n) is 6.01. The molecule has 0 atom stereocenters. The smallest absolute Gasteiger partial charge is 0.340 e. The minimum Gasteiger partial charge on any atom is -0.462 e. The number of hydrogen-bond donors (Lipinski definition) is 2. The molecule has 0 saturated carbocycles. The fourth-order valence-corrected chi connectivity index (χ4v) is 2.96. The Kier molecular flexibility index (Phi) is 7.06. The number of nitrogens with zero attached hydrogens (tertiary/aromatic N) is 1. The number of rotatable bonds is 8. The molecule has 0 bridgehead atoms. The molecule has 2 rings (SSSR count). The van der Waals surface area contributed by atoms with Gasteiger partial charge in [0.25, 0.3) is 11.7 Å². The number of aromatic nitrogens is 1. The SMILES string of the molecule is CCOC(=O)c1c(C)[nH]c(C(=O)C(=O)N(CC)CCO)c1-c1ccccc1F.